The number of aromatic nitrogens is 3. The van der Waals surface area contributed by atoms with Gasteiger partial charge in [-0.15, -0.1) is 0 Å². The van der Waals surface area contributed by atoms with Crippen LogP contribution in [0.3, 0.4) is 0 Å². The number of hydrogen-bond donors (Lipinski definition) is 1. The van der Waals surface area contributed by atoms with Crippen molar-refractivity contribution in [3.63, 3.8) is 0 Å². The highest BCUT2D eigenvalue weighted by atomic mass is 16.5. The number of rotatable bonds is 6. The molecule has 128 valence electrons. The van der Waals surface area contributed by atoms with Crippen molar-refractivity contribution in [3.8, 4) is 11.5 Å². The number of carbonyl (C=O) groups is 1. The van der Waals surface area contributed by atoms with Crippen molar-refractivity contribution >= 4 is 11.9 Å². The molecule has 24 heavy (non-hydrogen) atoms. The van der Waals surface area contributed by atoms with Crippen LogP contribution < -0.4 is 14.8 Å². The highest BCUT2D eigenvalue weighted by Gasteiger charge is 2.28. The summed E-state index contributed by atoms with van der Waals surface area (Å²) >= 11 is 0. The molecule has 1 amide bonds. The Morgan fingerprint density at radius 3 is 2.92 bits per heavy atom. The van der Waals surface area contributed by atoms with Crippen molar-refractivity contribution in [1.82, 2.24) is 14.8 Å². The lowest BCUT2D eigenvalue weighted by Gasteiger charge is -2.24. The Bertz CT molecular complexity index is 726. The van der Waals surface area contributed by atoms with Gasteiger partial charge in [-0.25, -0.2) is 4.68 Å². The summed E-state index contributed by atoms with van der Waals surface area (Å²) in [6, 6.07) is 5.57. The summed E-state index contributed by atoms with van der Waals surface area (Å²) in [6.07, 6.45) is 1.76. The average molecular weight is 330 g/mol. The van der Waals surface area contributed by atoms with Gasteiger partial charge < -0.3 is 9.47 Å². The highest BCUT2D eigenvalue weighted by Crippen LogP contribution is 2.35. The van der Waals surface area contributed by atoms with E-state index in [1.54, 1.807) is 4.68 Å². The van der Waals surface area contributed by atoms with Crippen LogP contribution in [0.2, 0.25) is 0 Å². The first-order chi connectivity index (χ1) is 11.6. The number of fused-ring (bicyclic) bond motifs is 1. The predicted molar refractivity (Wildman–Crippen MR) is 89.4 cm³/mol. The van der Waals surface area contributed by atoms with E-state index in [1.807, 2.05) is 25.1 Å². The summed E-state index contributed by atoms with van der Waals surface area (Å²) in [5.41, 5.74) is 0.942. The molecule has 0 saturated carbocycles. The minimum atomic E-state index is -0.199. The van der Waals surface area contributed by atoms with Gasteiger partial charge in [0.25, 0.3) is 0 Å². The van der Waals surface area contributed by atoms with Crippen molar-refractivity contribution < 1.29 is 14.3 Å². The number of amides is 1. The molecule has 0 spiro atoms. The second-order valence-corrected chi connectivity index (χ2v) is 6.14. The zero-order valence-electron chi connectivity index (χ0n) is 14.2. The van der Waals surface area contributed by atoms with E-state index in [2.05, 4.69) is 29.2 Å². The Balaban J connectivity index is 1.92. The fourth-order valence-electron chi connectivity index (χ4n) is 2.64. The van der Waals surface area contributed by atoms with Gasteiger partial charge in [-0.05, 0) is 30.5 Å². The molecule has 1 aliphatic heterocycles. The number of nitrogens with zero attached hydrogens (tertiary/aromatic N) is 3. The van der Waals surface area contributed by atoms with Crippen LogP contribution in [0.5, 0.6) is 11.5 Å². The molecular weight excluding hydrogens is 308 g/mol. The quantitative estimate of drug-likeness (QED) is 0.881. The maximum absolute atomic E-state index is 11.9. The van der Waals surface area contributed by atoms with Crippen LogP contribution in [-0.2, 0) is 4.79 Å². The molecular formula is C17H22N4O3. The maximum atomic E-state index is 11.9. The fourth-order valence-corrected chi connectivity index (χ4v) is 2.64. The molecule has 2 aromatic rings. The zero-order chi connectivity index (χ0) is 17.1. The highest BCUT2D eigenvalue weighted by molar-refractivity contribution is 5.91. The Morgan fingerprint density at radius 1 is 1.33 bits per heavy atom. The van der Waals surface area contributed by atoms with Crippen molar-refractivity contribution in [2.45, 2.75) is 33.2 Å². The Labute approximate surface area is 141 Å². The fraction of sp³-hybridized carbons (Fsp3) is 0.471. The summed E-state index contributed by atoms with van der Waals surface area (Å²) in [5.74, 6) is 2.23. The number of hydrogen-bond acceptors (Lipinski definition) is 5. The molecule has 1 aromatic heterocycles. The van der Waals surface area contributed by atoms with Crippen molar-refractivity contribution in [2.75, 3.05) is 18.5 Å². The molecule has 7 nitrogen and oxygen atoms in total. The Morgan fingerprint density at radius 2 is 2.17 bits per heavy atom. The van der Waals surface area contributed by atoms with E-state index in [4.69, 9.17) is 9.47 Å². The summed E-state index contributed by atoms with van der Waals surface area (Å²) < 4.78 is 13.3. The van der Waals surface area contributed by atoms with Crippen LogP contribution in [0.15, 0.2) is 24.5 Å². The zero-order valence-corrected chi connectivity index (χ0v) is 14.2. The van der Waals surface area contributed by atoms with E-state index in [0.29, 0.717) is 43.0 Å². The van der Waals surface area contributed by atoms with Gasteiger partial charge in [-0.1, -0.05) is 19.9 Å². The lowest BCUT2D eigenvalue weighted by Crippen LogP contribution is -2.29. The number of carbonyl (C=O) groups excluding carboxylic acids is 1. The van der Waals surface area contributed by atoms with Crippen molar-refractivity contribution in [1.29, 1.82) is 0 Å². The molecule has 3 rings (SSSR count). The minimum Gasteiger partial charge on any atom is -0.490 e. The van der Waals surface area contributed by atoms with Crippen LogP contribution >= 0.6 is 0 Å². The first-order valence-corrected chi connectivity index (χ1v) is 8.17. The van der Waals surface area contributed by atoms with Gasteiger partial charge in [0.2, 0.25) is 11.9 Å². The summed E-state index contributed by atoms with van der Waals surface area (Å²) in [6.45, 7) is 7.30. The van der Waals surface area contributed by atoms with E-state index in [1.165, 1.54) is 6.33 Å². The van der Waals surface area contributed by atoms with E-state index < -0.39 is 0 Å². The molecule has 0 saturated heterocycles. The van der Waals surface area contributed by atoms with Crippen LogP contribution in [0, 0.1) is 5.92 Å². The summed E-state index contributed by atoms with van der Waals surface area (Å²) in [5, 5.41) is 6.94. The van der Waals surface area contributed by atoms with Gasteiger partial charge >= 0.3 is 0 Å². The van der Waals surface area contributed by atoms with Crippen LogP contribution in [0.1, 0.15) is 38.8 Å². The maximum Gasteiger partial charge on any atom is 0.229 e. The second kappa shape index (κ2) is 6.90. The molecule has 0 radical (unpaired) electrons. The molecule has 0 aliphatic carbocycles. The molecule has 0 bridgehead atoms. The van der Waals surface area contributed by atoms with Gasteiger partial charge in [0, 0.05) is 0 Å². The monoisotopic (exact) mass is 330 g/mol. The number of ether oxygens (including phenoxy) is 2. The van der Waals surface area contributed by atoms with E-state index in [-0.39, 0.29) is 11.9 Å². The van der Waals surface area contributed by atoms with E-state index in [0.717, 1.165) is 5.56 Å². The average Bonchev–Trinajstić information content (AvgIpc) is 3.01. The molecule has 1 aromatic carbocycles. The van der Waals surface area contributed by atoms with E-state index >= 15 is 0 Å². The SMILES string of the molecule is CCOc1cc([C@@H]2CC(=O)Nc3ncnn32)ccc1OCC(C)C. The second-order valence-electron chi connectivity index (χ2n) is 6.14. The summed E-state index contributed by atoms with van der Waals surface area (Å²) in [4.78, 5) is 16.0. The summed E-state index contributed by atoms with van der Waals surface area (Å²) in [7, 11) is 0. The predicted octanol–water partition coefficient (Wildman–Crippen LogP) is 2.64. The Kier molecular flexibility index (Phi) is 4.69. The van der Waals surface area contributed by atoms with Gasteiger partial charge in [0.1, 0.15) is 6.33 Å². The van der Waals surface area contributed by atoms with Gasteiger partial charge in [0.05, 0.1) is 25.7 Å². The molecule has 0 fully saturated rings. The van der Waals surface area contributed by atoms with Crippen molar-refractivity contribution in [2.24, 2.45) is 5.92 Å². The first kappa shape index (κ1) is 16.3. The molecule has 1 atom stereocenters. The molecule has 7 heteroatoms. The third-order valence-electron chi connectivity index (χ3n) is 3.72. The van der Waals surface area contributed by atoms with Gasteiger partial charge in [-0.2, -0.15) is 10.1 Å². The third-order valence-corrected chi connectivity index (χ3v) is 3.72. The third kappa shape index (κ3) is 3.34. The standard InChI is InChI=1S/C17H22N4O3/c1-4-23-15-7-12(5-6-14(15)24-9-11(2)3)13-8-16(22)20-17-18-10-19-21(13)17/h5-7,10-11,13H,4,8-9H2,1-3H3,(H,18,19,20,22)/t13-/m0/s1. The van der Waals surface area contributed by atoms with Crippen LogP contribution in [-0.4, -0.2) is 33.9 Å². The van der Waals surface area contributed by atoms with E-state index in [9.17, 15) is 4.79 Å². The Hall–Kier alpha value is -2.57. The minimum absolute atomic E-state index is 0.0707. The first-order valence-electron chi connectivity index (χ1n) is 8.17. The lowest BCUT2D eigenvalue weighted by molar-refractivity contribution is -0.117. The number of anilines is 1. The number of benzene rings is 1. The van der Waals surface area contributed by atoms with Crippen LogP contribution in [0.4, 0.5) is 5.95 Å². The molecule has 0 unspecified atom stereocenters. The van der Waals surface area contributed by atoms with Crippen molar-refractivity contribution in [3.05, 3.63) is 30.1 Å². The van der Waals surface area contributed by atoms with Gasteiger partial charge in [-0.3, -0.25) is 10.1 Å². The molecule has 2 heterocycles. The topological polar surface area (TPSA) is 78.3 Å². The van der Waals surface area contributed by atoms with Gasteiger partial charge in [0.15, 0.2) is 11.5 Å². The molecule has 1 N–H and O–H groups in total. The lowest BCUT2D eigenvalue weighted by atomic mass is 10.0. The normalized spacial score (nSPS) is 16.7. The largest absolute Gasteiger partial charge is 0.490 e. The number of nitrogens with one attached hydrogen (secondary N) is 1. The smallest absolute Gasteiger partial charge is 0.229 e. The van der Waals surface area contributed by atoms with Crippen LogP contribution in [0.25, 0.3) is 0 Å². The molecule has 1 aliphatic rings.